The molecule has 0 radical (unpaired) electrons. The normalized spacial score (nSPS) is 18.6. The summed E-state index contributed by atoms with van der Waals surface area (Å²) in [6, 6.07) is 11.5. The van der Waals surface area contributed by atoms with Crippen LogP contribution in [0.5, 0.6) is 0 Å². The lowest BCUT2D eigenvalue weighted by Gasteiger charge is -2.24. The van der Waals surface area contributed by atoms with Crippen LogP contribution in [0, 0.1) is 6.92 Å². The summed E-state index contributed by atoms with van der Waals surface area (Å²) >= 11 is 6.19. The number of aromatic nitrogens is 4. The standard InChI is InChI=1S/C21H21ClN6O/c1-13-20-16(14-5-4-6-15(22)11-14)12-19(29)23-21(20)28(26-13)18-8-7-17(24-25-18)27-9-2-3-10-27/h4-8,11,16H,2-3,9-10,12H2,1H3,(H,23,29). The number of aryl methyl sites for hydroxylation is 1. The summed E-state index contributed by atoms with van der Waals surface area (Å²) in [5, 5.41) is 17.1. The molecule has 0 bridgehead atoms. The van der Waals surface area contributed by atoms with Gasteiger partial charge in [-0.1, -0.05) is 23.7 Å². The Labute approximate surface area is 173 Å². The summed E-state index contributed by atoms with van der Waals surface area (Å²) in [6.07, 6.45) is 2.73. The minimum absolute atomic E-state index is 0.0507. The predicted molar refractivity (Wildman–Crippen MR) is 112 cm³/mol. The number of halogens is 1. The number of hydrogen-bond acceptors (Lipinski definition) is 5. The van der Waals surface area contributed by atoms with E-state index in [-0.39, 0.29) is 11.8 Å². The molecule has 1 aromatic carbocycles. The van der Waals surface area contributed by atoms with Crippen molar-refractivity contribution in [3.05, 3.63) is 58.2 Å². The van der Waals surface area contributed by atoms with Gasteiger partial charge in [-0.25, -0.2) is 0 Å². The molecule has 0 saturated carbocycles. The first-order chi connectivity index (χ1) is 14.1. The molecule has 148 valence electrons. The molecule has 2 aliphatic heterocycles. The number of fused-ring (bicyclic) bond motifs is 1. The van der Waals surface area contributed by atoms with Crippen molar-refractivity contribution in [1.82, 2.24) is 20.0 Å². The Morgan fingerprint density at radius 2 is 1.86 bits per heavy atom. The molecule has 2 aliphatic rings. The molecule has 1 unspecified atom stereocenters. The lowest BCUT2D eigenvalue weighted by Crippen LogP contribution is -2.25. The Bertz CT molecular complexity index is 1070. The molecule has 3 aromatic rings. The molecule has 0 aliphatic carbocycles. The Kier molecular flexibility index (Phi) is 4.47. The van der Waals surface area contributed by atoms with Gasteiger partial charge >= 0.3 is 0 Å². The van der Waals surface area contributed by atoms with Gasteiger partial charge in [-0.3, -0.25) is 4.79 Å². The van der Waals surface area contributed by atoms with Gasteiger partial charge in [0, 0.05) is 36.0 Å². The maximum Gasteiger partial charge on any atom is 0.226 e. The molecule has 0 spiro atoms. The number of amides is 1. The van der Waals surface area contributed by atoms with E-state index in [0.717, 1.165) is 35.7 Å². The monoisotopic (exact) mass is 408 g/mol. The van der Waals surface area contributed by atoms with Crippen LogP contribution in [0.4, 0.5) is 11.6 Å². The number of benzene rings is 1. The van der Waals surface area contributed by atoms with Crippen LogP contribution in [0.25, 0.3) is 5.82 Å². The highest BCUT2D eigenvalue weighted by molar-refractivity contribution is 6.30. The van der Waals surface area contributed by atoms with Gasteiger partial charge in [-0.2, -0.15) is 9.78 Å². The summed E-state index contributed by atoms with van der Waals surface area (Å²) < 4.78 is 1.68. The summed E-state index contributed by atoms with van der Waals surface area (Å²) in [5.74, 6) is 1.98. The van der Waals surface area contributed by atoms with Crippen LogP contribution in [0.1, 0.15) is 42.0 Å². The molecular formula is C21H21ClN6O. The third-order valence-corrected chi connectivity index (χ3v) is 5.87. The van der Waals surface area contributed by atoms with Crippen molar-refractivity contribution < 1.29 is 4.79 Å². The lowest BCUT2D eigenvalue weighted by molar-refractivity contribution is -0.116. The minimum Gasteiger partial charge on any atom is -0.355 e. The van der Waals surface area contributed by atoms with E-state index in [0.29, 0.717) is 23.1 Å². The molecule has 1 atom stereocenters. The van der Waals surface area contributed by atoms with Crippen LogP contribution >= 0.6 is 11.6 Å². The molecule has 1 fully saturated rings. The first-order valence-corrected chi connectivity index (χ1v) is 10.2. The molecule has 1 amide bonds. The van der Waals surface area contributed by atoms with Gasteiger partial charge in [-0.15, -0.1) is 10.2 Å². The zero-order valence-corrected chi connectivity index (χ0v) is 16.9. The zero-order chi connectivity index (χ0) is 20.0. The summed E-state index contributed by atoms with van der Waals surface area (Å²) in [6.45, 7) is 3.99. The SMILES string of the molecule is Cc1nn(-c2ccc(N3CCCC3)nn2)c2c1C(c1cccc(Cl)c1)CC(=O)N2. The van der Waals surface area contributed by atoms with Crippen molar-refractivity contribution in [2.24, 2.45) is 0 Å². The van der Waals surface area contributed by atoms with E-state index < -0.39 is 0 Å². The second kappa shape index (κ2) is 7.15. The van der Waals surface area contributed by atoms with Gasteiger partial charge in [0.15, 0.2) is 11.6 Å². The van der Waals surface area contributed by atoms with E-state index in [1.54, 1.807) is 4.68 Å². The van der Waals surface area contributed by atoms with Gasteiger partial charge in [-0.05, 0) is 49.6 Å². The van der Waals surface area contributed by atoms with Crippen LogP contribution in [-0.2, 0) is 4.79 Å². The van der Waals surface area contributed by atoms with Crippen LogP contribution in [0.3, 0.4) is 0 Å². The average Bonchev–Trinajstić information content (AvgIpc) is 3.36. The molecule has 1 N–H and O–H groups in total. The predicted octanol–water partition coefficient (Wildman–Crippen LogP) is 3.70. The molecule has 7 nitrogen and oxygen atoms in total. The highest BCUT2D eigenvalue weighted by Crippen LogP contribution is 2.40. The fourth-order valence-electron chi connectivity index (χ4n) is 4.27. The number of nitrogens with zero attached hydrogens (tertiary/aromatic N) is 5. The molecular weight excluding hydrogens is 388 g/mol. The molecule has 29 heavy (non-hydrogen) atoms. The first-order valence-electron chi connectivity index (χ1n) is 9.84. The fraction of sp³-hybridized carbons (Fsp3) is 0.333. The highest BCUT2D eigenvalue weighted by atomic mass is 35.5. The van der Waals surface area contributed by atoms with E-state index in [9.17, 15) is 4.79 Å². The van der Waals surface area contributed by atoms with E-state index in [2.05, 4.69) is 25.5 Å². The minimum atomic E-state index is -0.0944. The van der Waals surface area contributed by atoms with Crippen LogP contribution in [0.15, 0.2) is 36.4 Å². The van der Waals surface area contributed by atoms with Crippen LogP contribution in [0.2, 0.25) is 5.02 Å². The summed E-state index contributed by atoms with van der Waals surface area (Å²) in [7, 11) is 0. The maximum atomic E-state index is 12.5. The summed E-state index contributed by atoms with van der Waals surface area (Å²) in [5.41, 5.74) is 2.86. The zero-order valence-electron chi connectivity index (χ0n) is 16.1. The molecule has 5 rings (SSSR count). The van der Waals surface area contributed by atoms with Crippen molar-refractivity contribution in [1.29, 1.82) is 0 Å². The number of hydrogen-bond donors (Lipinski definition) is 1. The van der Waals surface area contributed by atoms with Crippen molar-refractivity contribution in [2.75, 3.05) is 23.3 Å². The Morgan fingerprint density at radius 1 is 1.10 bits per heavy atom. The Hall–Kier alpha value is -2.93. The largest absolute Gasteiger partial charge is 0.355 e. The molecule has 1 saturated heterocycles. The first kappa shape index (κ1) is 18.1. The van der Waals surface area contributed by atoms with E-state index >= 15 is 0 Å². The van der Waals surface area contributed by atoms with Crippen molar-refractivity contribution in [2.45, 2.75) is 32.1 Å². The van der Waals surface area contributed by atoms with Crippen LogP contribution < -0.4 is 10.2 Å². The lowest BCUT2D eigenvalue weighted by atomic mass is 9.86. The van der Waals surface area contributed by atoms with Gasteiger partial charge in [0.25, 0.3) is 0 Å². The van der Waals surface area contributed by atoms with Gasteiger partial charge in [0.05, 0.1) is 5.69 Å². The Balaban J connectivity index is 1.55. The average molecular weight is 409 g/mol. The van der Waals surface area contributed by atoms with E-state index in [4.69, 9.17) is 11.6 Å². The smallest absolute Gasteiger partial charge is 0.226 e. The molecule has 4 heterocycles. The number of rotatable bonds is 3. The number of anilines is 2. The second-order valence-corrected chi connectivity index (χ2v) is 8.00. The van der Waals surface area contributed by atoms with Crippen molar-refractivity contribution >= 4 is 29.1 Å². The molecule has 2 aromatic heterocycles. The number of carbonyl (C=O) groups is 1. The summed E-state index contributed by atoms with van der Waals surface area (Å²) in [4.78, 5) is 14.7. The van der Waals surface area contributed by atoms with Crippen LogP contribution in [-0.4, -0.2) is 39.0 Å². The van der Waals surface area contributed by atoms with E-state index in [1.165, 1.54) is 12.8 Å². The topological polar surface area (TPSA) is 75.9 Å². The third kappa shape index (κ3) is 3.25. The van der Waals surface area contributed by atoms with Gasteiger partial charge in [0.1, 0.15) is 5.82 Å². The third-order valence-electron chi connectivity index (χ3n) is 5.64. The van der Waals surface area contributed by atoms with E-state index in [1.807, 2.05) is 43.3 Å². The molecule has 8 heteroatoms. The quantitative estimate of drug-likeness (QED) is 0.715. The van der Waals surface area contributed by atoms with Gasteiger partial charge < -0.3 is 10.2 Å². The Morgan fingerprint density at radius 3 is 2.59 bits per heavy atom. The number of carbonyl (C=O) groups excluding carboxylic acids is 1. The van der Waals surface area contributed by atoms with Gasteiger partial charge in [0.2, 0.25) is 5.91 Å². The highest BCUT2D eigenvalue weighted by Gasteiger charge is 2.33. The second-order valence-electron chi connectivity index (χ2n) is 7.56. The van der Waals surface area contributed by atoms with Crippen molar-refractivity contribution in [3.63, 3.8) is 0 Å². The van der Waals surface area contributed by atoms with Crippen molar-refractivity contribution in [3.8, 4) is 5.82 Å². The maximum absolute atomic E-state index is 12.5. The number of nitrogens with one attached hydrogen (secondary N) is 1. The fourth-order valence-corrected chi connectivity index (χ4v) is 4.47.